The molecule has 1 unspecified atom stereocenters. The first kappa shape index (κ1) is 10.9. The smallest absolute Gasteiger partial charge is 0.328 e. The molecule has 0 N–H and O–H groups in total. The average Bonchev–Trinajstić information content (AvgIpc) is 2.15. The van der Waals surface area contributed by atoms with Crippen LogP contribution in [-0.4, -0.2) is 13.1 Å². The zero-order chi connectivity index (χ0) is 10.7. The zero-order valence-electron chi connectivity index (χ0n) is 7.26. The monoisotopic (exact) mass is 220 g/mol. The molecule has 1 rings (SSSR count). The second-order valence-corrected chi connectivity index (χ2v) is 2.99. The van der Waals surface area contributed by atoms with E-state index in [2.05, 4.69) is 4.74 Å². The maximum atomic E-state index is 13.1. The van der Waals surface area contributed by atoms with Gasteiger partial charge in [0.15, 0.2) is 5.38 Å². The van der Waals surface area contributed by atoms with Crippen molar-refractivity contribution in [2.75, 3.05) is 7.11 Å². The lowest BCUT2D eigenvalue weighted by Crippen LogP contribution is -2.10. The molecule has 5 heteroatoms. The highest BCUT2D eigenvalue weighted by atomic mass is 35.5. The average molecular weight is 221 g/mol. The number of rotatable bonds is 2. The minimum absolute atomic E-state index is 0.0973. The largest absolute Gasteiger partial charge is 0.468 e. The summed E-state index contributed by atoms with van der Waals surface area (Å²) in [4.78, 5) is 10.9. The van der Waals surface area contributed by atoms with Crippen molar-refractivity contribution >= 4 is 17.6 Å². The molecule has 2 nitrogen and oxygen atoms in total. The van der Waals surface area contributed by atoms with Gasteiger partial charge in [-0.15, -0.1) is 11.6 Å². The van der Waals surface area contributed by atoms with Crippen LogP contribution in [0.3, 0.4) is 0 Å². The summed E-state index contributed by atoms with van der Waals surface area (Å²) in [7, 11) is 1.14. The van der Waals surface area contributed by atoms with Gasteiger partial charge in [-0.2, -0.15) is 0 Å². The number of halogens is 3. The van der Waals surface area contributed by atoms with E-state index in [4.69, 9.17) is 11.6 Å². The number of carbonyl (C=O) groups is 1. The fourth-order valence-electron chi connectivity index (χ4n) is 0.937. The third-order valence-electron chi connectivity index (χ3n) is 1.64. The van der Waals surface area contributed by atoms with Crippen molar-refractivity contribution in [1.82, 2.24) is 0 Å². The summed E-state index contributed by atoms with van der Waals surface area (Å²) in [6.45, 7) is 0. The van der Waals surface area contributed by atoms with E-state index in [1.165, 1.54) is 0 Å². The van der Waals surface area contributed by atoms with Crippen LogP contribution in [0.25, 0.3) is 0 Å². The van der Waals surface area contributed by atoms with E-state index in [0.29, 0.717) is 6.07 Å². The van der Waals surface area contributed by atoms with Gasteiger partial charge >= 0.3 is 5.97 Å². The Morgan fingerprint density at radius 2 is 2.14 bits per heavy atom. The molecule has 0 bridgehead atoms. The van der Waals surface area contributed by atoms with Gasteiger partial charge in [0, 0.05) is 11.6 Å². The van der Waals surface area contributed by atoms with Crippen LogP contribution >= 0.6 is 11.6 Å². The van der Waals surface area contributed by atoms with E-state index >= 15 is 0 Å². The van der Waals surface area contributed by atoms with Crippen LogP contribution in [0.2, 0.25) is 0 Å². The minimum Gasteiger partial charge on any atom is -0.468 e. The van der Waals surface area contributed by atoms with Crippen LogP contribution in [0.5, 0.6) is 0 Å². The van der Waals surface area contributed by atoms with Crippen molar-refractivity contribution < 1.29 is 18.3 Å². The Balaban J connectivity index is 3.01. The van der Waals surface area contributed by atoms with Crippen LogP contribution in [-0.2, 0) is 9.53 Å². The van der Waals surface area contributed by atoms with E-state index in [1.54, 1.807) is 0 Å². The number of methoxy groups -OCH3 is 1. The van der Waals surface area contributed by atoms with Gasteiger partial charge in [-0.05, 0) is 6.07 Å². The zero-order valence-corrected chi connectivity index (χ0v) is 8.02. The number of hydrogen-bond donors (Lipinski definition) is 0. The van der Waals surface area contributed by atoms with Crippen molar-refractivity contribution in [3.05, 3.63) is 35.4 Å². The molecule has 0 spiro atoms. The molecular formula is C9H7ClF2O2. The fraction of sp³-hybridized carbons (Fsp3) is 0.222. The topological polar surface area (TPSA) is 26.3 Å². The Hall–Kier alpha value is -1.16. The van der Waals surface area contributed by atoms with Gasteiger partial charge in [0.05, 0.1) is 7.11 Å². The summed E-state index contributed by atoms with van der Waals surface area (Å²) in [6, 6.07) is 2.80. The van der Waals surface area contributed by atoms with Crippen LogP contribution < -0.4 is 0 Å². The Labute approximate surface area is 84.4 Å². The van der Waals surface area contributed by atoms with E-state index in [-0.39, 0.29) is 5.56 Å². The molecule has 1 aromatic rings. The fourth-order valence-corrected chi connectivity index (χ4v) is 1.20. The van der Waals surface area contributed by atoms with E-state index < -0.39 is 23.0 Å². The molecule has 14 heavy (non-hydrogen) atoms. The highest BCUT2D eigenvalue weighted by Gasteiger charge is 2.21. The van der Waals surface area contributed by atoms with Crippen LogP contribution in [0, 0.1) is 11.6 Å². The summed E-state index contributed by atoms with van der Waals surface area (Å²) in [5.74, 6) is -2.37. The standard InChI is InChI=1S/C9H7ClF2O2/c1-14-9(13)8(10)6-3-2-5(11)4-7(6)12/h2-4,8H,1H3. The Kier molecular flexibility index (Phi) is 3.41. The summed E-state index contributed by atoms with van der Waals surface area (Å²) in [6.07, 6.45) is 0. The number of hydrogen-bond acceptors (Lipinski definition) is 2. The van der Waals surface area contributed by atoms with Gasteiger partial charge in [0.2, 0.25) is 0 Å². The second kappa shape index (κ2) is 4.37. The molecule has 0 heterocycles. The molecule has 1 aromatic carbocycles. The molecule has 0 saturated heterocycles. The number of esters is 1. The number of benzene rings is 1. The van der Waals surface area contributed by atoms with Gasteiger partial charge in [0.25, 0.3) is 0 Å². The predicted octanol–water partition coefficient (Wildman–Crippen LogP) is 2.42. The van der Waals surface area contributed by atoms with Gasteiger partial charge in [0.1, 0.15) is 11.6 Å². The third-order valence-corrected chi connectivity index (χ3v) is 2.06. The van der Waals surface area contributed by atoms with Crippen LogP contribution in [0.1, 0.15) is 10.9 Å². The lowest BCUT2D eigenvalue weighted by Gasteiger charge is -2.08. The molecule has 0 aliphatic carbocycles. The van der Waals surface area contributed by atoms with Crippen molar-refractivity contribution in [2.24, 2.45) is 0 Å². The van der Waals surface area contributed by atoms with Crippen molar-refractivity contribution in [2.45, 2.75) is 5.38 Å². The summed E-state index contributed by atoms with van der Waals surface area (Å²) in [5.41, 5.74) is -0.0973. The molecule has 0 radical (unpaired) electrons. The van der Waals surface area contributed by atoms with Gasteiger partial charge < -0.3 is 4.74 Å². The van der Waals surface area contributed by atoms with E-state index in [9.17, 15) is 13.6 Å². The lowest BCUT2D eigenvalue weighted by atomic mass is 10.1. The second-order valence-electron chi connectivity index (χ2n) is 2.55. The first-order chi connectivity index (χ1) is 6.56. The third kappa shape index (κ3) is 2.20. The number of carbonyl (C=O) groups excluding carboxylic acids is 1. The molecule has 0 aliphatic rings. The first-order valence-corrected chi connectivity index (χ1v) is 4.16. The summed E-state index contributed by atoms with van der Waals surface area (Å²) in [5, 5.41) is -1.25. The SMILES string of the molecule is COC(=O)C(Cl)c1ccc(F)cc1F. The van der Waals surface area contributed by atoms with Crippen molar-refractivity contribution in [1.29, 1.82) is 0 Å². The minimum atomic E-state index is -1.25. The van der Waals surface area contributed by atoms with E-state index in [0.717, 1.165) is 19.2 Å². The molecule has 76 valence electrons. The van der Waals surface area contributed by atoms with Crippen molar-refractivity contribution in [3.63, 3.8) is 0 Å². The maximum absolute atomic E-state index is 13.1. The van der Waals surface area contributed by atoms with Crippen LogP contribution in [0.4, 0.5) is 8.78 Å². The normalized spacial score (nSPS) is 12.3. The Morgan fingerprint density at radius 3 is 2.64 bits per heavy atom. The van der Waals surface area contributed by atoms with Crippen LogP contribution in [0.15, 0.2) is 18.2 Å². The lowest BCUT2D eigenvalue weighted by molar-refractivity contribution is -0.140. The summed E-state index contributed by atoms with van der Waals surface area (Å²) < 4.78 is 29.9. The molecule has 0 fully saturated rings. The highest BCUT2D eigenvalue weighted by Crippen LogP contribution is 2.24. The Morgan fingerprint density at radius 1 is 1.50 bits per heavy atom. The maximum Gasteiger partial charge on any atom is 0.328 e. The summed E-state index contributed by atoms with van der Waals surface area (Å²) >= 11 is 5.58. The van der Waals surface area contributed by atoms with Gasteiger partial charge in [-0.3, -0.25) is 4.79 Å². The van der Waals surface area contributed by atoms with Gasteiger partial charge in [-0.25, -0.2) is 8.78 Å². The molecule has 0 aromatic heterocycles. The van der Waals surface area contributed by atoms with E-state index in [1.807, 2.05) is 0 Å². The predicted molar refractivity (Wildman–Crippen MR) is 47.0 cm³/mol. The Bertz CT molecular complexity index is 355. The number of alkyl halides is 1. The van der Waals surface area contributed by atoms with Crippen molar-refractivity contribution in [3.8, 4) is 0 Å². The van der Waals surface area contributed by atoms with Gasteiger partial charge in [-0.1, -0.05) is 6.07 Å². The highest BCUT2D eigenvalue weighted by molar-refractivity contribution is 6.29. The molecule has 0 saturated carbocycles. The molecular weight excluding hydrogens is 214 g/mol. The molecule has 0 aliphatic heterocycles. The molecule has 0 amide bonds. The molecule has 1 atom stereocenters. The number of ether oxygens (including phenoxy) is 1. The quantitative estimate of drug-likeness (QED) is 0.565. The first-order valence-electron chi connectivity index (χ1n) is 3.73.